The van der Waals surface area contributed by atoms with Crippen molar-refractivity contribution in [2.45, 2.75) is 68.8 Å². The molecule has 1 amide bonds. The molecule has 1 fully saturated rings. The van der Waals surface area contributed by atoms with Crippen LogP contribution in [-0.4, -0.2) is 48.9 Å². The van der Waals surface area contributed by atoms with Gasteiger partial charge in [-0.1, -0.05) is 43.2 Å². The molecule has 3 rings (SSSR count). The zero-order valence-corrected chi connectivity index (χ0v) is 17.7. The number of carbonyl (C=O) groups excluding carboxylic acids is 1. The number of rotatable bonds is 5. The summed E-state index contributed by atoms with van der Waals surface area (Å²) in [5, 5.41) is 22.0. The number of benzene rings is 1. The Balaban J connectivity index is 1.79. The minimum absolute atomic E-state index is 0.0658. The zero-order valence-electron chi connectivity index (χ0n) is 16.8. The highest BCUT2D eigenvalue weighted by atomic mass is 32.2. The summed E-state index contributed by atoms with van der Waals surface area (Å²) in [6, 6.07) is 8.52. The molecule has 0 bridgehead atoms. The highest BCUT2D eigenvalue weighted by molar-refractivity contribution is 8.00. The average molecular weight is 399 g/mol. The highest BCUT2D eigenvalue weighted by Gasteiger charge is 2.40. The lowest BCUT2D eigenvalue weighted by atomic mass is 9.81. The molecule has 7 nitrogen and oxygen atoms in total. The fourth-order valence-electron chi connectivity index (χ4n) is 3.70. The van der Waals surface area contributed by atoms with Crippen molar-refractivity contribution in [1.82, 2.24) is 25.1 Å². The third kappa shape index (κ3) is 3.90. The largest absolute Gasteiger partial charge is 0.326 e. The van der Waals surface area contributed by atoms with Crippen molar-refractivity contribution in [3.63, 3.8) is 0 Å². The topological polar surface area (TPSA) is 87.7 Å². The lowest BCUT2D eigenvalue weighted by molar-refractivity contribution is -0.133. The van der Waals surface area contributed by atoms with Crippen LogP contribution in [0.15, 0.2) is 23.4 Å². The minimum Gasteiger partial charge on any atom is -0.326 e. The molecule has 0 unspecified atom stereocenters. The molecule has 148 valence electrons. The fraction of sp³-hybridized carbons (Fsp3) is 0.550. The van der Waals surface area contributed by atoms with E-state index in [1.165, 1.54) is 11.8 Å². The van der Waals surface area contributed by atoms with Crippen LogP contribution in [0, 0.1) is 25.2 Å². The summed E-state index contributed by atoms with van der Waals surface area (Å²) in [5.74, 6) is -0.0658. The molecular formula is C20H26N6OS. The maximum absolute atomic E-state index is 13.1. The Morgan fingerprint density at radius 1 is 1.32 bits per heavy atom. The third-order valence-corrected chi connectivity index (χ3v) is 6.55. The quantitative estimate of drug-likeness (QED) is 0.717. The van der Waals surface area contributed by atoms with Gasteiger partial charge in [-0.05, 0) is 61.2 Å². The molecule has 1 aromatic heterocycles. The van der Waals surface area contributed by atoms with Crippen molar-refractivity contribution in [1.29, 1.82) is 5.26 Å². The monoisotopic (exact) mass is 398 g/mol. The summed E-state index contributed by atoms with van der Waals surface area (Å²) in [7, 11) is 1.75. The van der Waals surface area contributed by atoms with Crippen LogP contribution in [0.4, 0.5) is 0 Å². The summed E-state index contributed by atoms with van der Waals surface area (Å²) in [5.41, 5.74) is 2.38. The Bertz CT molecular complexity index is 896. The number of hydrogen-bond donors (Lipinski definition) is 0. The van der Waals surface area contributed by atoms with E-state index in [-0.39, 0.29) is 5.91 Å². The van der Waals surface area contributed by atoms with Gasteiger partial charge in [0.1, 0.15) is 5.54 Å². The number of thioether (sulfide) groups is 1. The number of tetrazole rings is 1. The first kappa shape index (κ1) is 20.3. The van der Waals surface area contributed by atoms with Crippen LogP contribution in [-0.2, 0) is 4.79 Å². The molecule has 0 radical (unpaired) electrons. The van der Waals surface area contributed by atoms with Gasteiger partial charge in [-0.3, -0.25) is 4.79 Å². The molecule has 28 heavy (non-hydrogen) atoms. The van der Waals surface area contributed by atoms with E-state index in [9.17, 15) is 10.1 Å². The van der Waals surface area contributed by atoms with E-state index >= 15 is 0 Å². The predicted octanol–water partition coefficient (Wildman–Crippen LogP) is 3.44. The van der Waals surface area contributed by atoms with E-state index in [1.807, 2.05) is 39.0 Å². The molecule has 1 atom stereocenters. The Kier molecular flexibility index (Phi) is 6.04. The summed E-state index contributed by atoms with van der Waals surface area (Å²) in [4.78, 5) is 14.7. The highest BCUT2D eigenvalue weighted by Crippen LogP contribution is 2.34. The van der Waals surface area contributed by atoms with Gasteiger partial charge in [0.05, 0.1) is 17.0 Å². The SMILES string of the molecule is Cc1ccc(C)c(-n2nnnc2S[C@H](C)C(=O)N(C)C2(C#N)CCCCC2)c1. The van der Waals surface area contributed by atoms with Crippen LogP contribution in [0.2, 0.25) is 0 Å². The van der Waals surface area contributed by atoms with Gasteiger partial charge in [-0.15, -0.1) is 5.10 Å². The van der Waals surface area contributed by atoms with Crippen LogP contribution in [0.1, 0.15) is 50.2 Å². The second-order valence-electron chi connectivity index (χ2n) is 7.52. The van der Waals surface area contributed by atoms with Crippen molar-refractivity contribution in [2.24, 2.45) is 0 Å². The maximum atomic E-state index is 13.1. The molecule has 0 aliphatic heterocycles. The van der Waals surface area contributed by atoms with Crippen molar-refractivity contribution in [2.75, 3.05) is 7.05 Å². The Hall–Kier alpha value is -2.40. The van der Waals surface area contributed by atoms with Crippen LogP contribution in [0.25, 0.3) is 5.69 Å². The molecule has 8 heteroatoms. The maximum Gasteiger partial charge on any atom is 0.236 e. The lowest BCUT2D eigenvalue weighted by Gasteiger charge is -2.40. The summed E-state index contributed by atoms with van der Waals surface area (Å²) < 4.78 is 1.68. The van der Waals surface area contributed by atoms with E-state index in [4.69, 9.17) is 0 Å². The number of nitrogens with zero attached hydrogens (tertiary/aromatic N) is 6. The smallest absolute Gasteiger partial charge is 0.236 e. The van der Waals surface area contributed by atoms with Crippen molar-refractivity contribution in [3.05, 3.63) is 29.3 Å². The van der Waals surface area contributed by atoms with Gasteiger partial charge >= 0.3 is 0 Å². The van der Waals surface area contributed by atoms with Gasteiger partial charge in [0.15, 0.2) is 0 Å². The second kappa shape index (κ2) is 8.31. The first-order chi connectivity index (χ1) is 13.4. The van der Waals surface area contributed by atoms with Gasteiger partial charge in [-0.25, -0.2) is 0 Å². The standard InChI is InChI=1S/C20H26N6OS/c1-14-8-9-15(2)17(12-14)26-19(22-23-24-26)28-16(3)18(27)25(4)20(13-21)10-6-5-7-11-20/h8-9,12,16H,5-7,10-11H2,1-4H3/t16-/m1/s1. The average Bonchev–Trinajstić information content (AvgIpc) is 3.16. The number of carbonyl (C=O) groups is 1. The van der Waals surface area contributed by atoms with Crippen LogP contribution < -0.4 is 0 Å². The van der Waals surface area contributed by atoms with E-state index < -0.39 is 10.8 Å². The molecule has 1 saturated carbocycles. The number of aromatic nitrogens is 4. The number of hydrogen-bond acceptors (Lipinski definition) is 6. The Morgan fingerprint density at radius 2 is 2.04 bits per heavy atom. The van der Waals surface area contributed by atoms with Gasteiger partial charge < -0.3 is 4.90 Å². The van der Waals surface area contributed by atoms with Crippen molar-refractivity contribution >= 4 is 17.7 Å². The Morgan fingerprint density at radius 3 is 2.71 bits per heavy atom. The lowest BCUT2D eigenvalue weighted by Crippen LogP contribution is -2.52. The molecule has 0 N–H and O–H groups in total. The van der Waals surface area contributed by atoms with Crippen LogP contribution in [0.5, 0.6) is 0 Å². The molecule has 1 aliphatic carbocycles. The molecule has 0 spiro atoms. The van der Waals surface area contributed by atoms with E-state index in [0.717, 1.165) is 48.9 Å². The molecular weight excluding hydrogens is 372 g/mol. The zero-order chi connectivity index (χ0) is 20.3. The molecule has 1 aliphatic rings. The number of amides is 1. The summed E-state index contributed by atoms with van der Waals surface area (Å²) >= 11 is 1.32. The molecule has 2 aromatic rings. The second-order valence-corrected chi connectivity index (χ2v) is 8.83. The third-order valence-electron chi connectivity index (χ3n) is 5.53. The molecule has 1 aromatic carbocycles. The van der Waals surface area contributed by atoms with Gasteiger partial charge in [-0.2, -0.15) is 9.94 Å². The fourth-order valence-corrected chi connectivity index (χ4v) is 4.60. The normalized spacial score (nSPS) is 17.0. The molecule has 0 saturated heterocycles. The van der Waals surface area contributed by atoms with Gasteiger partial charge in [0, 0.05) is 7.05 Å². The van der Waals surface area contributed by atoms with Crippen molar-refractivity contribution < 1.29 is 4.79 Å². The van der Waals surface area contributed by atoms with Crippen LogP contribution >= 0.6 is 11.8 Å². The van der Waals surface area contributed by atoms with Gasteiger partial charge in [0.25, 0.3) is 0 Å². The summed E-state index contributed by atoms with van der Waals surface area (Å²) in [6.07, 6.45) is 4.57. The van der Waals surface area contributed by atoms with Crippen LogP contribution in [0.3, 0.4) is 0 Å². The number of aryl methyl sites for hydroxylation is 2. The van der Waals surface area contributed by atoms with Crippen molar-refractivity contribution in [3.8, 4) is 11.8 Å². The Labute approximate surface area is 170 Å². The minimum atomic E-state index is -0.691. The van der Waals surface area contributed by atoms with E-state index in [1.54, 1.807) is 16.6 Å². The molecule has 1 heterocycles. The van der Waals surface area contributed by atoms with Gasteiger partial charge in [0.2, 0.25) is 11.1 Å². The predicted molar refractivity (Wildman–Crippen MR) is 108 cm³/mol. The summed E-state index contributed by atoms with van der Waals surface area (Å²) in [6.45, 7) is 5.87. The first-order valence-corrected chi connectivity index (χ1v) is 10.5. The first-order valence-electron chi connectivity index (χ1n) is 9.59. The van der Waals surface area contributed by atoms with E-state index in [2.05, 4.69) is 21.6 Å². The van der Waals surface area contributed by atoms with E-state index in [0.29, 0.717) is 5.16 Å². The number of nitriles is 1.